The molecule has 0 atom stereocenters. The summed E-state index contributed by atoms with van der Waals surface area (Å²) in [5.74, 6) is -0.571. The fourth-order valence-electron chi connectivity index (χ4n) is 2.10. The molecule has 4 N–H and O–H groups in total. The molecule has 1 saturated carbocycles. The van der Waals surface area contributed by atoms with Crippen LogP contribution in [0.4, 0.5) is 0 Å². The van der Waals surface area contributed by atoms with Gasteiger partial charge in [0.05, 0.1) is 18.7 Å². The Morgan fingerprint density at radius 2 is 2.00 bits per heavy atom. The fourth-order valence-corrected chi connectivity index (χ4v) is 2.10. The Morgan fingerprint density at radius 1 is 1.41 bits per heavy atom. The first-order chi connectivity index (χ1) is 7.97. The highest BCUT2D eigenvalue weighted by atomic mass is 16.3. The van der Waals surface area contributed by atoms with E-state index in [-0.39, 0.29) is 24.9 Å². The summed E-state index contributed by atoms with van der Waals surface area (Å²) in [6.45, 7) is 0.133. The fraction of sp³-hybridized carbons (Fsp3) is 0.818. The van der Waals surface area contributed by atoms with Crippen LogP contribution >= 0.6 is 0 Å². The third-order valence-electron chi connectivity index (χ3n) is 3.11. The number of hydrogen-bond donors (Lipinski definition) is 3. The number of nitrogens with one attached hydrogen (secondary N) is 1. The number of likely N-dealkylation sites (N-methyl/N-ethyl adjacent to an activating group) is 1. The summed E-state index contributed by atoms with van der Waals surface area (Å²) in [4.78, 5) is 24.0. The molecular formula is C11H21N3O3. The Kier molecular flexibility index (Phi) is 4.89. The van der Waals surface area contributed by atoms with Crippen molar-refractivity contribution < 1.29 is 14.7 Å². The third-order valence-corrected chi connectivity index (χ3v) is 3.11. The zero-order valence-electron chi connectivity index (χ0n) is 10.2. The van der Waals surface area contributed by atoms with E-state index in [1.54, 1.807) is 7.05 Å². The lowest BCUT2D eigenvalue weighted by Gasteiger charge is -2.28. The summed E-state index contributed by atoms with van der Waals surface area (Å²) in [5, 5.41) is 12.5. The van der Waals surface area contributed by atoms with E-state index in [4.69, 9.17) is 5.73 Å². The Balaban J connectivity index is 2.33. The van der Waals surface area contributed by atoms with Crippen molar-refractivity contribution in [3.63, 3.8) is 0 Å². The molecule has 0 unspecified atom stereocenters. The van der Waals surface area contributed by atoms with Gasteiger partial charge in [0, 0.05) is 13.6 Å². The molecule has 0 heterocycles. The summed E-state index contributed by atoms with van der Waals surface area (Å²) in [6, 6.07) is 0. The number of nitrogens with two attached hydrogens (primary N) is 1. The molecule has 1 aliphatic rings. The lowest BCUT2D eigenvalue weighted by molar-refractivity contribution is -0.134. The number of carbonyl (C=O) groups is 2. The van der Waals surface area contributed by atoms with Gasteiger partial charge in [0.25, 0.3) is 0 Å². The Bertz CT molecular complexity index is 288. The molecular weight excluding hydrogens is 222 g/mol. The van der Waals surface area contributed by atoms with Crippen LogP contribution in [0, 0.1) is 0 Å². The van der Waals surface area contributed by atoms with Crippen molar-refractivity contribution in [1.29, 1.82) is 0 Å². The summed E-state index contributed by atoms with van der Waals surface area (Å²) in [5.41, 5.74) is 4.36. The van der Waals surface area contributed by atoms with Crippen LogP contribution in [0.1, 0.15) is 25.7 Å². The van der Waals surface area contributed by atoms with Crippen LogP contribution in [0.3, 0.4) is 0 Å². The normalized spacial score (nSPS) is 17.8. The largest absolute Gasteiger partial charge is 0.388 e. The van der Waals surface area contributed by atoms with Gasteiger partial charge in [0.1, 0.15) is 0 Å². The third kappa shape index (κ3) is 4.32. The van der Waals surface area contributed by atoms with Gasteiger partial charge < -0.3 is 21.1 Å². The second-order valence-corrected chi connectivity index (χ2v) is 4.66. The zero-order valence-corrected chi connectivity index (χ0v) is 10.2. The lowest BCUT2D eigenvalue weighted by Crippen LogP contribution is -2.46. The molecule has 0 aromatic heterocycles. The molecule has 0 saturated heterocycles. The molecule has 1 fully saturated rings. The monoisotopic (exact) mass is 243 g/mol. The predicted molar refractivity (Wildman–Crippen MR) is 63.1 cm³/mol. The van der Waals surface area contributed by atoms with Crippen LogP contribution in [0.25, 0.3) is 0 Å². The zero-order chi connectivity index (χ0) is 12.9. The number of rotatable bonds is 5. The maximum atomic E-state index is 11.7. The highest BCUT2D eigenvalue weighted by Gasteiger charge is 2.33. The van der Waals surface area contributed by atoms with Crippen LogP contribution in [-0.2, 0) is 9.59 Å². The molecule has 0 radical (unpaired) electrons. The number of nitrogens with zero attached hydrogens (tertiary/aromatic N) is 1. The average Bonchev–Trinajstić information content (AvgIpc) is 2.71. The van der Waals surface area contributed by atoms with Crippen molar-refractivity contribution in [3.05, 3.63) is 0 Å². The average molecular weight is 243 g/mol. The number of amides is 2. The highest BCUT2D eigenvalue weighted by Crippen LogP contribution is 2.29. The van der Waals surface area contributed by atoms with Crippen molar-refractivity contribution in [3.8, 4) is 0 Å². The predicted octanol–water partition coefficient (Wildman–Crippen LogP) is -1.18. The number of carbonyl (C=O) groups excluding carboxylic acids is 2. The maximum absolute atomic E-state index is 11.7. The highest BCUT2D eigenvalue weighted by molar-refractivity contribution is 5.85. The van der Waals surface area contributed by atoms with Crippen LogP contribution in [0.5, 0.6) is 0 Å². The summed E-state index contributed by atoms with van der Waals surface area (Å²) in [6.07, 6.45) is 3.48. The Hall–Kier alpha value is -1.14. The Labute approximate surface area is 101 Å². The maximum Gasteiger partial charge on any atom is 0.241 e. The van der Waals surface area contributed by atoms with E-state index in [9.17, 15) is 14.7 Å². The molecule has 6 nitrogen and oxygen atoms in total. The van der Waals surface area contributed by atoms with Crippen molar-refractivity contribution in [2.75, 3.05) is 26.7 Å². The molecule has 2 amide bonds. The molecule has 0 aromatic rings. The minimum absolute atomic E-state index is 0.0669. The van der Waals surface area contributed by atoms with Crippen molar-refractivity contribution >= 4 is 11.8 Å². The van der Waals surface area contributed by atoms with Gasteiger partial charge in [-0.3, -0.25) is 9.59 Å². The van der Waals surface area contributed by atoms with Crippen molar-refractivity contribution in [2.45, 2.75) is 31.3 Å². The second-order valence-electron chi connectivity index (χ2n) is 4.66. The van der Waals surface area contributed by atoms with Gasteiger partial charge in [0.15, 0.2) is 0 Å². The van der Waals surface area contributed by atoms with Gasteiger partial charge >= 0.3 is 0 Å². The van der Waals surface area contributed by atoms with E-state index in [1.165, 1.54) is 4.90 Å². The Morgan fingerprint density at radius 3 is 2.53 bits per heavy atom. The van der Waals surface area contributed by atoms with E-state index in [0.717, 1.165) is 25.7 Å². The summed E-state index contributed by atoms with van der Waals surface area (Å²) < 4.78 is 0. The van der Waals surface area contributed by atoms with Gasteiger partial charge in [-0.15, -0.1) is 0 Å². The molecule has 0 bridgehead atoms. The van der Waals surface area contributed by atoms with Gasteiger partial charge in [-0.25, -0.2) is 0 Å². The van der Waals surface area contributed by atoms with Crippen molar-refractivity contribution in [2.24, 2.45) is 5.73 Å². The van der Waals surface area contributed by atoms with Crippen LogP contribution in [-0.4, -0.2) is 54.1 Å². The quantitative estimate of drug-likeness (QED) is 0.566. The summed E-state index contributed by atoms with van der Waals surface area (Å²) in [7, 11) is 1.63. The first-order valence-electron chi connectivity index (χ1n) is 5.90. The topological polar surface area (TPSA) is 95.7 Å². The van der Waals surface area contributed by atoms with Crippen LogP contribution < -0.4 is 11.1 Å². The van der Waals surface area contributed by atoms with Gasteiger partial charge in [-0.05, 0) is 12.8 Å². The molecule has 17 heavy (non-hydrogen) atoms. The van der Waals surface area contributed by atoms with Crippen molar-refractivity contribution in [1.82, 2.24) is 10.2 Å². The minimum atomic E-state index is -0.748. The van der Waals surface area contributed by atoms with Gasteiger partial charge in [-0.2, -0.15) is 0 Å². The number of hydrogen-bond acceptors (Lipinski definition) is 4. The first kappa shape index (κ1) is 13.9. The van der Waals surface area contributed by atoms with Crippen LogP contribution in [0.2, 0.25) is 0 Å². The second kappa shape index (κ2) is 5.97. The minimum Gasteiger partial charge on any atom is -0.388 e. The van der Waals surface area contributed by atoms with E-state index in [2.05, 4.69) is 5.32 Å². The van der Waals surface area contributed by atoms with E-state index < -0.39 is 5.60 Å². The lowest BCUT2D eigenvalue weighted by atomic mass is 10.0. The van der Waals surface area contributed by atoms with Crippen LogP contribution in [0.15, 0.2) is 0 Å². The molecule has 0 aromatic carbocycles. The molecule has 0 aliphatic heterocycles. The molecule has 98 valence electrons. The molecule has 1 aliphatic carbocycles. The van der Waals surface area contributed by atoms with Gasteiger partial charge in [-0.1, -0.05) is 12.8 Å². The first-order valence-corrected chi connectivity index (χ1v) is 5.90. The molecule has 0 spiro atoms. The van der Waals surface area contributed by atoms with E-state index in [0.29, 0.717) is 6.54 Å². The molecule has 6 heteroatoms. The van der Waals surface area contributed by atoms with Gasteiger partial charge in [0.2, 0.25) is 11.8 Å². The van der Waals surface area contributed by atoms with E-state index >= 15 is 0 Å². The SMILES string of the molecule is CN(CC1(O)CCCC1)C(=O)CNC(=O)CN. The summed E-state index contributed by atoms with van der Waals surface area (Å²) >= 11 is 0. The van der Waals surface area contributed by atoms with E-state index in [1.807, 2.05) is 0 Å². The standard InChI is InChI=1S/C11H21N3O3/c1-14(8-11(17)4-2-3-5-11)10(16)7-13-9(15)6-12/h17H,2-8,12H2,1H3,(H,13,15). The smallest absolute Gasteiger partial charge is 0.241 e. The molecule has 1 rings (SSSR count). The number of aliphatic hydroxyl groups is 1.